The number of aliphatic hydroxyl groups excluding tert-OH is 1. The van der Waals surface area contributed by atoms with E-state index in [1.807, 2.05) is 32.9 Å². The summed E-state index contributed by atoms with van der Waals surface area (Å²) >= 11 is 0. The van der Waals surface area contributed by atoms with Gasteiger partial charge in [-0.25, -0.2) is 4.79 Å². The molecule has 2 rings (SSSR count). The lowest BCUT2D eigenvalue weighted by Gasteiger charge is -2.15. The van der Waals surface area contributed by atoms with Crippen LogP contribution in [0.5, 0.6) is 5.75 Å². The molecule has 4 N–H and O–H groups in total. The molecule has 0 spiro atoms. The topological polar surface area (TPSA) is 90.1 Å². The molecule has 1 atom stereocenters. The molecule has 0 radical (unpaired) electrons. The van der Waals surface area contributed by atoms with Gasteiger partial charge in [0.25, 0.3) is 0 Å². The second-order valence-electron chi connectivity index (χ2n) is 5.29. The van der Waals surface area contributed by atoms with E-state index < -0.39 is 6.10 Å². The van der Waals surface area contributed by atoms with Gasteiger partial charge in [-0.15, -0.1) is 12.4 Å². The van der Waals surface area contributed by atoms with E-state index in [0.717, 1.165) is 5.56 Å². The Kier molecular flexibility index (Phi) is 6.26. The Balaban J connectivity index is 0.00000220. The van der Waals surface area contributed by atoms with Gasteiger partial charge in [-0.1, -0.05) is 13.8 Å². The van der Waals surface area contributed by atoms with Crippen molar-refractivity contribution in [1.82, 2.24) is 15.3 Å². The number of fused-ring (bicyclic) bond motifs is 1. The highest BCUT2D eigenvalue weighted by Crippen LogP contribution is 2.23. The first-order valence-corrected chi connectivity index (χ1v) is 6.72. The van der Waals surface area contributed by atoms with E-state index in [4.69, 9.17) is 4.74 Å². The van der Waals surface area contributed by atoms with Crippen LogP contribution in [-0.4, -0.2) is 40.4 Å². The van der Waals surface area contributed by atoms with Gasteiger partial charge in [-0.2, -0.15) is 0 Å². The smallest absolute Gasteiger partial charge is 0.323 e. The molecule has 0 aliphatic heterocycles. The van der Waals surface area contributed by atoms with Crippen molar-refractivity contribution in [2.75, 3.05) is 13.2 Å². The van der Waals surface area contributed by atoms with E-state index in [9.17, 15) is 9.90 Å². The lowest BCUT2D eigenvalue weighted by atomic mass is 10.2. The highest BCUT2D eigenvalue weighted by atomic mass is 35.5. The van der Waals surface area contributed by atoms with Gasteiger partial charge in [-0.3, -0.25) is 0 Å². The van der Waals surface area contributed by atoms with E-state index >= 15 is 0 Å². The molecule has 118 valence electrons. The SMILES string of the molecule is Cc1cc(OCC(O)CNC(C)C)c2[nH]c(=O)[nH]c2c1.Cl. The van der Waals surface area contributed by atoms with Crippen molar-refractivity contribution in [2.45, 2.75) is 32.9 Å². The van der Waals surface area contributed by atoms with E-state index in [1.54, 1.807) is 0 Å². The van der Waals surface area contributed by atoms with E-state index in [1.165, 1.54) is 0 Å². The highest BCUT2D eigenvalue weighted by Gasteiger charge is 2.10. The van der Waals surface area contributed by atoms with Crippen LogP contribution >= 0.6 is 12.4 Å². The zero-order valence-corrected chi connectivity index (χ0v) is 13.2. The standard InChI is InChI=1S/C14H21N3O3.ClH/c1-8(2)15-6-10(18)7-20-12-5-9(3)4-11-13(12)17-14(19)16-11;/h4-5,8,10,15,18H,6-7H2,1-3H3,(H2,16,17,19);1H. The second kappa shape index (κ2) is 7.49. The Morgan fingerprint density at radius 3 is 2.71 bits per heavy atom. The Hall–Kier alpha value is -1.50. The Morgan fingerprint density at radius 2 is 2.05 bits per heavy atom. The number of nitrogens with one attached hydrogen (secondary N) is 3. The van der Waals surface area contributed by atoms with Crippen molar-refractivity contribution < 1.29 is 9.84 Å². The molecule has 0 fully saturated rings. The maximum Gasteiger partial charge on any atom is 0.323 e. The van der Waals surface area contributed by atoms with Gasteiger partial charge < -0.3 is 25.1 Å². The van der Waals surface area contributed by atoms with Crippen LogP contribution in [0.2, 0.25) is 0 Å². The predicted octanol–water partition coefficient (Wildman–Crippen LogP) is 1.32. The summed E-state index contributed by atoms with van der Waals surface area (Å²) < 4.78 is 5.63. The van der Waals surface area contributed by atoms with Crippen LogP contribution in [0.4, 0.5) is 0 Å². The molecule has 1 aromatic heterocycles. The summed E-state index contributed by atoms with van der Waals surface area (Å²) in [4.78, 5) is 16.7. The number of hydrogen-bond donors (Lipinski definition) is 4. The molecular weight excluding hydrogens is 294 g/mol. The van der Waals surface area contributed by atoms with Gasteiger partial charge in [0, 0.05) is 12.6 Å². The van der Waals surface area contributed by atoms with E-state index in [0.29, 0.717) is 29.4 Å². The number of halogens is 1. The largest absolute Gasteiger partial charge is 0.489 e. The molecule has 0 bridgehead atoms. The average Bonchev–Trinajstić information content (AvgIpc) is 2.73. The van der Waals surface area contributed by atoms with E-state index in [-0.39, 0.29) is 24.7 Å². The number of imidazole rings is 1. The highest BCUT2D eigenvalue weighted by molar-refractivity contribution is 5.85. The first kappa shape index (κ1) is 17.6. The minimum atomic E-state index is -0.598. The molecule has 0 amide bonds. The number of benzene rings is 1. The normalized spacial score (nSPS) is 12.4. The lowest BCUT2D eigenvalue weighted by molar-refractivity contribution is 0.105. The van der Waals surface area contributed by atoms with Crippen LogP contribution in [0.3, 0.4) is 0 Å². The average molecular weight is 316 g/mol. The molecule has 0 saturated heterocycles. The molecule has 1 unspecified atom stereocenters. The number of hydrogen-bond acceptors (Lipinski definition) is 4. The monoisotopic (exact) mass is 315 g/mol. The summed E-state index contributed by atoms with van der Waals surface area (Å²) in [6.45, 7) is 6.60. The molecule has 21 heavy (non-hydrogen) atoms. The van der Waals surface area contributed by atoms with Gasteiger partial charge in [0.05, 0.1) is 5.52 Å². The number of H-pyrrole nitrogens is 2. The lowest BCUT2D eigenvalue weighted by Crippen LogP contribution is -2.35. The second-order valence-corrected chi connectivity index (χ2v) is 5.29. The molecule has 6 nitrogen and oxygen atoms in total. The number of aromatic amines is 2. The summed E-state index contributed by atoms with van der Waals surface area (Å²) in [6.07, 6.45) is -0.598. The van der Waals surface area contributed by atoms with Crippen LogP contribution in [0, 0.1) is 6.92 Å². The van der Waals surface area contributed by atoms with Crippen LogP contribution < -0.4 is 15.7 Å². The van der Waals surface area contributed by atoms with Crippen LogP contribution in [0.15, 0.2) is 16.9 Å². The van der Waals surface area contributed by atoms with Gasteiger partial charge in [0.2, 0.25) is 0 Å². The molecular formula is C14H22ClN3O3. The number of aromatic nitrogens is 2. The Labute approximate surface area is 129 Å². The maximum atomic E-state index is 11.3. The Morgan fingerprint density at radius 1 is 1.33 bits per heavy atom. The van der Waals surface area contributed by atoms with Gasteiger partial charge in [0.15, 0.2) is 0 Å². The van der Waals surface area contributed by atoms with Crippen molar-refractivity contribution in [3.05, 3.63) is 28.2 Å². The Bertz CT molecular complexity index is 636. The fourth-order valence-electron chi connectivity index (χ4n) is 1.98. The first-order chi connectivity index (χ1) is 9.45. The van der Waals surface area contributed by atoms with Crippen molar-refractivity contribution in [1.29, 1.82) is 0 Å². The zero-order valence-electron chi connectivity index (χ0n) is 12.4. The molecule has 2 aromatic rings. The molecule has 0 saturated carbocycles. The number of aryl methyl sites for hydroxylation is 1. The molecule has 1 aromatic carbocycles. The van der Waals surface area contributed by atoms with Gasteiger partial charge >= 0.3 is 5.69 Å². The fourth-order valence-corrected chi connectivity index (χ4v) is 1.98. The van der Waals surface area contributed by atoms with Gasteiger partial charge in [-0.05, 0) is 24.6 Å². The quantitative estimate of drug-likeness (QED) is 0.647. The number of ether oxygens (including phenoxy) is 1. The first-order valence-electron chi connectivity index (χ1n) is 6.72. The van der Waals surface area contributed by atoms with Crippen molar-refractivity contribution in [2.24, 2.45) is 0 Å². The summed E-state index contributed by atoms with van der Waals surface area (Å²) in [5.74, 6) is 0.571. The fraction of sp³-hybridized carbons (Fsp3) is 0.500. The maximum absolute atomic E-state index is 11.3. The van der Waals surface area contributed by atoms with Crippen LogP contribution in [-0.2, 0) is 0 Å². The van der Waals surface area contributed by atoms with Crippen LogP contribution in [0.1, 0.15) is 19.4 Å². The summed E-state index contributed by atoms with van der Waals surface area (Å²) in [5, 5.41) is 13.0. The summed E-state index contributed by atoms with van der Waals surface area (Å²) in [7, 11) is 0. The summed E-state index contributed by atoms with van der Waals surface area (Å²) in [5.41, 5.74) is 2.06. The van der Waals surface area contributed by atoms with Crippen molar-refractivity contribution >= 4 is 23.4 Å². The zero-order chi connectivity index (χ0) is 14.7. The third-order valence-electron chi connectivity index (χ3n) is 2.93. The van der Waals surface area contributed by atoms with Gasteiger partial charge in [0.1, 0.15) is 24.0 Å². The number of aliphatic hydroxyl groups is 1. The molecule has 1 heterocycles. The van der Waals surface area contributed by atoms with Crippen molar-refractivity contribution in [3.63, 3.8) is 0 Å². The third kappa shape index (κ3) is 4.77. The minimum absolute atomic E-state index is 0. The molecule has 0 aliphatic rings. The third-order valence-corrected chi connectivity index (χ3v) is 2.93. The van der Waals surface area contributed by atoms with E-state index in [2.05, 4.69) is 15.3 Å². The number of rotatable bonds is 6. The molecule has 7 heteroatoms. The molecule has 0 aliphatic carbocycles. The predicted molar refractivity (Wildman–Crippen MR) is 85.5 cm³/mol. The summed E-state index contributed by atoms with van der Waals surface area (Å²) in [6, 6.07) is 4.03. The van der Waals surface area contributed by atoms with Crippen LogP contribution in [0.25, 0.3) is 11.0 Å². The minimum Gasteiger partial charge on any atom is -0.489 e. The van der Waals surface area contributed by atoms with Crippen molar-refractivity contribution in [3.8, 4) is 5.75 Å².